The smallest absolute Gasteiger partial charge is 0.339 e. The minimum absolute atomic E-state index is 0.311. The number of carbonyl (C=O) groups excluding carboxylic acids is 1. The maximum absolute atomic E-state index is 11.3. The number of imidazole rings is 1. The zero-order valence-electron chi connectivity index (χ0n) is 7.67. The number of rotatable bonds is 1. The molecular weight excluding hydrogens is 283 g/mol. The minimum atomic E-state index is -0.471. The van der Waals surface area contributed by atoms with E-state index in [1.54, 1.807) is 12.1 Å². The van der Waals surface area contributed by atoms with Gasteiger partial charge in [0.15, 0.2) is 4.73 Å². The molecule has 0 amide bonds. The van der Waals surface area contributed by atoms with Crippen molar-refractivity contribution < 1.29 is 9.53 Å². The number of aromatic nitrogens is 2. The molecule has 0 radical (unpaired) electrons. The van der Waals surface area contributed by atoms with Gasteiger partial charge >= 0.3 is 5.97 Å². The number of aromatic amines is 1. The molecule has 0 aliphatic rings. The summed E-state index contributed by atoms with van der Waals surface area (Å²) in [5.41, 5.74) is 1.73. The number of H-pyrrole nitrogens is 1. The van der Waals surface area contributed by atoms with E-state index in [2.05, 4.69) is 30.6 Å². The number of nitrogens with zero attached hydrogens (tertiary/aromatic N) is 1. The Bertz CT molecular complexity index is 538. The highest BCUT2D eigenvalue weighted by Gasteiger charge is 2.13. The molecule has 1 N–H and O–H groups in total. The van der Waals surface area contributed by atoms with E-state index in [0.29, 0.717) is 20.8 Å². The molecule has 0 aliphatic heterocycles. The van der Waals surface area contributed by atoms with Crippen molar-refractivity contribution in [3.05, 3.63) is 27.5 Å². The van der Waals surface area contributed by atoms with Gasteiger partial charge in [0.1, 0.15) is 0 Å². The number of hydrogen-bond acceptors (Lipinski definition) is 3. The first-order valence-corrected chi connectivity index (χ1v) is 5.22. The van der Waals surface area contributed by atoms with Crippen molar-refractivity contribution in [3.8, 4) is 0 Å². The first kappa shape index (κ1) is 10.4. The quantitative estimate of drug-likeness (QED) is 0.821. The fraction of sp³-hybridized carbons (Fsp3) is 0.111. The Balaban J connectivity index is 2.66. The molecule has 0 spiro atoms. The topological polar surface area (TPSA) is 55.0 Å². The third-order valence-electron chi connectivity index (χ3n) is 1.95. The molecule has 0 atom stereocenters. The summed E-state index contributed by atoms with van der Waals surface area (Å²) in [5.74, 6) is -0.471. The zero-order valence-corrected chi connectivity index (χ0v) is 10.0. The monoisotopic (exact) mass is 288 g/mol. The molecule has 1 heterocycles. The van der Waals surface area contributed by atoms with Crippen molar-refractivity contribution in [2.24, 2.45) is 0 Å². The molecule has 1 aromatic heterocycles. The van der Waals surface area contributed by atoms with Gasteiger partial charge in [-0.05, 0) is 28.1 Å². The third-order valence-corrected chi connectivity index (χ3v) is 2.64. The Morgan fingerprint density at radius 2 is 2.33 bits per heavy atom. The Hall–Kier alpha value is -1.07. The summed E-state index contributed by atoms with van der Waals surface area (Å²) in [6.07, 6.45) is 0. The van der Waals surface area contributed by atoms with Gasteiger partial charge in [0.2, 0.25) is 0 Å². The lowest BCUT2D eigenvalue weighted by molar-refractivity contribution is 0.0601. The fourth-order valence-corrected chi connectivity index (χ4v) is 1.91. The summed E-state index contributed by atoms with van der Waals surface area (Å²) < 4.78 is 5.19. The Morgan fingerprint density at radius 3 is 3.00 bits per heavy atom. The number of halogens is 2. The first-order valence-electron chi connectivity index (χ1n) is 4.05. The summed E-state index contributed by atoms with van der Waals surface area (Å²) in [6, 6.07) is 3.23. The van der Waals surface area contributed by atoms with E-state index in [0.717, 1.165) is 5.52 Å². The van der Waals surface area contributed by atoms with Crippen molar-refractivity contribution in [1.82, 2.24) is 9.97 Å². The number of fused-ring (bicyclic) bond motifs is 1. The number of benzene rings is 1. The summed E-state index contributed by atoms with van der Waals surface area (Å²) in [4.78, 5) is 18.4. The second-order valence-corrected chi connectivity index (χ2v) is 4.03. The van der Waals surface area contributed by atoms with Gasteiger partial charge in [0.25, 0.3) is 0 Å². The molecule has 78 valence electrons. The normalized spacial score (nSPS) is 10.6. The van der Waals surface area contributed by atoms with Crippen molar-refractivity contribution >= 4 is 44.5 Å². The molecule has 0 saturated carbocycles. The predicted octanol–water partition coefficient (Wildman–Crippen LogP) is 2.77. The van der Waals surface area contributed by atoms with Crippen LogP contribution >= 0.6 is 27.5 Å². The molecule has 6 heteroatoms. The predicted molar refractivity (Wildman–Crippen MR) is 60.1 cm³/mol. The lowest BCUT2D eigenvalue weighted by Crippen LogP contribution is -2.01. The molecule has 0 bridgehead atoms. The van der Waals surface area contributed by atoms with E-state index in [1.807, 2.05) is 0 Å². The largest absolute Gasteiger partial charge is 0.465 e. The molecular formula is C9H6BrClN2O2. The summed E-state index contributed by atoms with van der Waals surface area (Å²) in [5, 5.41) is 0.338. The van der Waals surface area contributed by atoms with Crippen LogP contribution in [0.1, 0.15) is 10.4 Å². The Morgan fingerprint density at radius 1 is 1.60 bits per heavy atom. The van der Waals surface area contributed by atoms with Gasteiger partial charge in [-0.3, -0.25) is 0 Å². The molecule has 4 nitrogen and oxygen atoms in total. The van der Waals surface area contributed by atoms with Gasteiger partial charge in [0.05, 0.1) is 28.7 Å². The standard InChI is InChI=1S/C9H6BrClN2O2/c1-15-8(14)4-2-6-7(3-5(4)11)13-9(10)12-6/h2-3H,1H3,(H,12,13). The van der Waals surface area contributed by atoms with Crippen LogP contribution in [0.5, 0.6) is 0 Å². The van der Waals surface area contributed by atoms with Crippen LogP contribution in [0, 0.1) is 0 Å². The van der Waals surface area contributed by atoms with Crippen LogP contribution in [0.15, 0.2) is 16.9 Å². The number of esters is 1. The highest BCUT2D eigenvalue weighted by atomic mass is 79.9. The second kappa shape index (κ2) is 3.83. The highest BCUT2D eigenvalue weighted by molar-refractivity contribution is 9.10. The maximum atomic E-state index is 11.3. The summed E-state index contributed by atoms with van der Waals surface area (Å²) in [6.45, 7) is 0. The summed E-state index contributed by atoms with van der Waals surface area (Å²) >= 11 is 9.12. The highest BCUT2D eigenvalue weighted by Crippen LogP contribution is 2.24. The van der Waals surface area contributed by atoms with Crippen LogP contribution in [0.25, 0.3) is 11.0 Å². The van der Waals surface area contributed by atoms with Crippen LogP contribution in [-0.2, 0) is 4.74 Å². The molecule has 2 rings (SSSR count). The van der Waals surface area contributed by atoms with Gasteiger partial charge in [-0.2, -0.15) is 0 Å². The number of hydrogen-bond donors (Lipinski definition) is 1. The number of carbonyl (C=O) groups is 1. The minimum Gasteiger partial charge on any atom is -0.465 e. The molecule has 0 fully saturated rings. The van der Waals surface area contributed by atoms with Gasteiger partial charge < -0.3 is 9.72 Å². The van der Waals surface area contributed by atoms with Crippen molar-refractivity contribution in [3.63, 3.8) is 0 Å². The lowest BCUT2D eigenvalue weighted by Gasteiger charge is -2.01. The van der Waals surface area contributed by atoms with Gasteiger partial charge in [-0.25, -0.2) is 9.78 Å². The maximum Gasteiger partial charge on any atom is 0.339 e. The van der Waals surface area contributed by atoms with Gasteiger partial charge in [-0.15, -0.1) is 0 Å². The summed E-state index contributed by atoms with van der Waals surface area (Å²) in [7, 11) is 1.31. The van der Waals surface area contributed by atoms with Crippen LogP contribution in [0.3, 0.4) is 0 Å². The average Bonchev–Trinajstić information content (AvgIpc) is 2.55. The van der Waals surface area contributed by atoms with Crippen LogP contribution in [-0.4, -0.2) is 23.0 Å². The van der Waals surface area contributed by atoms with E-state index < -0.39 is 5.97 Å². The van der Waals surface area contributed by atoms with Crippen molar-refractivity contribution in [2.75, 3.05) is 7.11 Å². The Kier molecular flexibility index (Phi) is 2.67. The molecule has 1 aromatic carbocycles. The molecule has 15 heavy (non-hydrogen) atoms. The first-order chi connectivity index (χ1) is 7.11. The van der Waals surface area contributed by atoms with E-state index in [1.165, 1.54) is 7.11 Å². The van der Waals surface area contributed by atoms with E-state index >= 15 is 0 Å². The SMILES string of the molecule is COC(=O)c1cc2nc(Br)[nH]c2cc1Cl. The third kappa shape index (κ3) is 1.85. The van der Waals surface area contributed by atoms with Crippen LogP contribution in [0.2, 0.25) is 5.02 Å². The number of nitrogens with one attached hydrogen (secondary N) is 1. The second-order valence-electron chi connectivity index (χ2n) is 2.87. The van der Waals surface area contributed by atoms with E-state index in [4.69, 9.17) is 11.6 Å². The van der Waals surface area contributed by atoms with Gasteiger partial charge in [0, 0.05) is 0 Å². The van der Waals surface area contributed by atoms with Crippen molar-refractivity contribution in [2.45, 2.75) is 0 Å². The van der Waals surface area contributed by atoms with Crippen molar-refractivity contribution in [1.29, 1.82) is 0 Å². The number of methoxy groups -OCH3 is 1. The molecule has 0 saturated heterocycles. The van der Waals surface area contributed by atoms with Crippen LogP contribution in [0.4, 0.5) is 0 Å². The lowest BCUT2D eigenvalue weighted by atomic mass is 10.2. The molecule has 0 aliphatic carbocycles. The van der Waals surface area contributed by atoms with E-state index in [-0.39, 0.29) is 0 Å². The van der Waals surface area contributed by atoms with Gasteiger partial charge in [-0.1, -0.05) is 11.6 Å². The zero-order chi connectivity index (χ0) is 11.0. The molecule has 0 unspecified atom stereocenters. The fourth-order valence-electron chi connectivity index (χ4n) is 1.27. The Labute approximate surface area is 98.7 Å². The van der Waals surface area contributed by atoms with E-state index in [9.17, 15) is 4.79 Å². The van der Waals surface area contributed by atoms with Crippen LogP contribution < -0.4 is 0 Å². The molecule has 2 aromatic rings. The number of ether oxygens (including phenoxy) is 1. The average molecular weight is 290 g/mol.